The lowest BCUT2D eigenvalue weighted by molar-refractivity contribution is -0.0750. The van der Waals surface area contributed by atoms with Crippen molar-refractivity contribution in [1.29, 1.82) is 0 Å². The number of morpholine rings is 1. The fraction of sp³-hybridized carbons (Fsp3) is 0.533. The smallest absolute Gasteiger partial charge is 0.253 e. The molecule has 1 aliphatic heterocycles. The van der Waals surface area contributed by atoms with Gasteiger partial charge in [0.2, 0.25) is 0 Å². The molecule has 1 saturated heterocycles. The van der Waals surface area contributed by atoms with Crippen molar-refractivity contribution in [2.45, 2.75) is 32.5 Å². The molecular weight excluding hydrogens is 254 g/mol. The van der Waals surface area contributed by atoms with Crippen LogP contribution in [0.5, 0.6) is 0 Å². The van der Waals surface area contributed by atoms with Crippen molar-refractivity contribution >= 4 is 17.3 Å². The first kappa shape index (κ1) is 14.7. The molecule has 0 aromatic heterocycles. The van der Waals surface area contributed by atoms with Crippen LogP contribution >= 0.6 is 0 Å². The molecular formula is C15H23N3O2. The van der Waals surface area contributed by atoms with E-state index in [1.165, 1.54) is 0 Å². The minimum absolute atomic E-state index is 0.100. The van der Waals surface area contributed by atoms with E-state index in [1.54, 1.807) is 19.2 Å². The van der Waals surface area contributed by atoms with E-state index < -0.39 is 0 Å². The molecule has 1 aliphatic rings. The fourth-order valence-corrected chi connectivity index (χ4v) is 2.77. The maximum absolute atomic E-state index is 12.0. The van der Waals surface area contributed by atoms with Crippen molar-refractivity contribution in [3.05, 3.63) is 23.8 Å². The average Bonchev–Trinajstić information content (AvgIpc) is 2.35. The van der Waals surface area contributed by atoms with Crippen LogP contribution in [0.25, 0.3) is 0 Å². The summed E-state index contributed by atoms with van der Waals surface area (Å²) < 4.78 is 5.91. The van der Waals surface area contributed by atoms with Crippen LogP contribution < -0.4 is 16.0 Å². The van der Waals surface area contributed by atoms with Gasteiger partial charge in [-0.25, -0.2) is 0 Å². The van der Waals surface area contributed by atoms with Crippen molar-refractivity contribution in [3.8, 4) is 0 Å². The molecule has 20 heavy (non-hydrogen) atoms. The van der Waals surface area contributed by atoms with Crippen molar-refractivity contribution in [2.75, 3.05) is 30.8 Å². The zero-order valence-electron chi connectivity index (χ0n) is 12.6. The Balaban J connectivity index is 2.40. The molecule has 1 aromatic rings. The summed E-state index contributed by atoms with van der Waals surface area (Å²) >= 11 is 0. The van der Waals surface area contributed by atoms with Crippen LogP contribution in [-0.4, -0.2) is 37.7 Å². The van der Waals surface area contributed by atoms with Crippen molar-refractivity contribution in [2.24, 2.45) is 0 Å². The van der Waals surface area contributed by atoms with Gasteiger partial charge < -0.3 is 20.7 Å². The number of nitrogens with two attached hydrogens (primary N) is 1. The third kappa shape index (κ3) is 3.04. The Hall–Kier alpha value is -1.75. The van der Waals surface area contributed by atoms with Gasteiger partial charge in [-0.15, -0.1) is 0 Å². The Labute approximate surface area is 120 Å². The van der Waals surface area contributed by atoms with Crippen molar-refractivity contribution in [1.82, 2.24) is 5.32 Å². The number of ether oxygens (including phenoxy) is 1. The highest BCUT2D eigenvalue weighted by Gasteiger charge is 2.32. The van der Waals surface area contributed by atoms with Crippen LogP contribution in [0.15, 0.2) is 18.2 Å². The lowest BCUT2D eigenvalue weighted by atomic mass is 10.0. The first-order chi connectivity index (χ1) is 9.32. The molecule has 1 fully saturated rings. The molecule has 0 aliphatic carbocycles. The number of hydrogen-bond donors (Lipinski definition) is 2. The van der Waals surface area contributed by atoms with Crippen molar-refractivity contribution < 1.29 is 9.53 Å². The third-order valence-corrected chi connectivity index (χ3v) is 3.40. The first-order valence-corrected chi connectivity index (χ1v) is 6.87. The Bertz CT molecular complexity index is 514. The predicted molar refractivity (Wildman–Crippen MR) is 81.1 cm³/mol. The second kappa shape index (κ2) is 5.32. The number of hydrogen-bond acceptors (Lipinski definition) is 4. The van der Waals surface area contributed by atoms with Gasteiger partial charge in [-0.3, -0.25) is 4.79 Å². The normalized spacial score (nSPS) is 21.6. The van der Waals surface area contributed by atoms with Gasteiger partial charge in [0.15, 0.2) is 0 Å². The molecule has 0 spiro atoms. The number of benzene rings is 1. The zero-order valence-corrected chi connectivity index (χ0v) is 12.6. The topological polar surface area (TPSA) is 67.6 Å². The highest BCUT2D eigenvalue weighted by Crippen LogP contribution is 2.30. The number of nitrogens with zero attached hydrogens (tertiary/aromatic N) is 1. The summed E-state index contributed by atoms with van der Waals surface area (Å²) in [6.45, 7) is 7.63. The van der Waals surface area contributed by atoms with Gasteiger partial charge in [-0.2, -0.15) is 0 Å². The lowest BCUT2D eigenvalue weighted by Crippen LogP contribution is -2.52. The molecule has 3 N–H and O–H groups in total. The summed E-state index contributed by atoms with van der Waals surface area (Å²) in [6.07, 6.45) is 0.109. The van der Waals surface area contributed by atoms with Gasteiger partial charge in [0, 0.05) is 25.8 Å². The fourth-order valence-electron chi connectivity index (χ4n) is 2.77. The number of anilines is 2. The Morgan fingerprint density at radius 1 is 1.50 bits per heavy atom. The Morgan fingerprint density at radius 2 is 2.20 bits per heavy atom. The van der Waals surface area contributed by atoms with Crippen LogP contribution in [0.1, 0.15) is 31.1 Å². The minimum Gasteiger partial charge on any atom is -0.399 e. The summed E-state index contributed by atoms with van der Waals surface area (Å²) in [6, 6.07) is 5.39. The van der Waals surface area contributed by atoms with E-state index in [-0.39, 0.29) is 17.6 Å². The highest BCUT2D eigenvalue weighted by atomic mass is 16.5. The lowest BCUT2D eigenvalue weighted by Gasteiger charge is -2.43. The zero-order chi connectivity index (χ0) is 14.9. The monoisotopic (exact) mass is 277 g/mol. The summed E-state index contributed by atoms with van der Waals surface area (Å²) in [5.74, 6) is -0.100. The number of amides is 1. The second-order valence-electron chi connectivity index (χ2n) is 5.92. The van der Waals surface area contributed by atoms with Gasteiger partial charge in [-0.05, 0) is 39.0 Å². The van der Waals surface area contributed by atoms with E-state index in [9.17, 15) is 4.79 Å². The number of nitrogen functional groups attached to an aromatic ring is 1. The number of carbonyl (C=O) groups excluding carboxylic acids is 1. The summed E-state index contributed by atoms with van der Waals surface area (Å²) in [5.41, 5.74) is 7.81. The van der Waals surface area contributed by atoms with Gasteiger partial charge >= 0.3 is 0 Å². The van der Waals surface area contributed by atoms with E-state index in [4.69, 9.17) is 10.5 Å². The number of rotatable bonds is 2. The highest BCUT2D eigenvalue weighted by molar-refractivity contribution is 6.00. The molecule has 1 atom stereocenters. The maximum atomic E-state index is 12.0. The third-order valence-electron chi connectivity index (χ3n) is 3.40. The van der Waals surface area contributed by atoms with Crippen molar-refractivity contribution in [3.63, 3.8) is 0 Å². The molecule has 1 amide bonds. The Morgan fingerprint density at radius 3 is 2.80 bits per heavy atom. The number of carbonyl (C=O) groups is 1. The van der Waals surface area contributed by atoms with E-state index in [2.05, 4.69) is 24.1 Å². The molecule has 110 valence electrons. The van der Waals surface area contributed by atoms with Gasteiger partial charge in [0.25, 0.3) is 5.91 Å². The first-order valence-electron chi connectivity index (χ1n) is 6.87. The summed E-state index contributed by atoms with van der Waals surface area (Å²) in [5, 5.41) is 2.67. The SMILES string of the molecule is CNC(=O)c1ccc(N)cc1N1CC(C)OC(C)(C)C1. The van der Waals surface area contributed by atoms with Gasteiger partial charge in [0.1, 0.15) is 0 Å². The molecule has 0 saturated carbocycles. The molecule has 5 heteroatoms. The summed E-state index contributed by atoms with van der Waals surface area (Å²) in [4.78, 5) is 14.2. The molecule has 1 heterocycles. The maximum Gasteiger partial charge on any atom is 0.253 e. The van der Waals surface area contributed by atoms with Crippen LogP contribution in [0, 0.1) is 0 Å². The minimum atomic E-state index is -0.248. The van der Waals surface area contributed by atoms with E-state index >= 15 is 0 Å². The van der Waals surface area contributed by atoms with E-state index in [0.29, 0.717) is 11.3 Å². The molecule has 0 radical (unpaired) electrons. The van der Waals surface area contributed by atoms with Crippen LogP contribution in [0.3, 0.4) is 0 Å². The quantitative estimate of drug-likeness (QED) is 0.806. The largest absolute Gasteiger partial charge is 0.399 e. The van der Waals surface area contributed by atoms with Gasteiger partial charge in [0.05, 0.1) is 23.0 Å². The molecule has 5 nitrogen and oxygen atoms in total. The molecule has 1 aromatic carbocycles. The van der Waals surface area contributed by atoms with Crippen LogP contribution in [0.4, 0.5) is 11.4 Å². The number of nitrogens with one attached hydrogen (secondary N) is 1. The molecule has 2 rings (SSSR count). The van der Waals surface area contributed by atoms with Crippen LogP contribution in [-0.2, 0) is 4.74 Å². The predicted octanol–water partition coefficient (Wildman–Crippen LogP) is 1.63. The molecule has 0 bridgehead atoms. The average molecular weight is 277 g/mol. The standard InChI is InChI=1S/C15H23N3O2/c1-10-8-18(9-15(2,3)20-10)13-7-11(16)5-6-12(13)14(19)17-4/h5-7,10H,8-9,16H2,1-4H3,(H,17,19). The molecule has 1 unspecified atom stereocenters. The van der Waals surface area contributed by atoms with E-state index in [1.807, 2.05) is 13.0 Å². The Kier molecular flexibility index (Phi) is 3.90. The second-order valence-corrected chi connectivity index (χ2v) is 5.92. The van der Waals surface area contributed by atoms with Crippen LogP contribution in [0.2, 0.25) is 0 Å². The van der Waals surface area contributed by atoms with Gasteiger partial charge in [-0.1, -0.05) is 0 Å². The summed E-state index contributed by atoms with van der Waals surface area (Å²) in [7, 11) is 1.63. The van der Waals surface area contributed by atoms with E-state index in [0.717, 1.165) is 18.8 Å².